The van der Waals surface area contributed by atoms with Gasteiger partial charge in [-0.05, 0) is 43.0 Å². The van der Waals surface area contributed by atoms with E-state index in [0.717, 1.165) is 22.9 Å². The van der Waals surface area contributed by atoms with Crippen molar-refractivity contribution in [3.8, 4) is 0 Å². The number of hydrogen-bond donors (Lipinski definition) is 2. The molecule has 1 aromatic rings. The molecule has 100 valence electrons. The molecule has 2 atom stereocenters. The fourth-order valence-corrected chi connectivity index (χ4v) is 2.36. The fraction of sp³-hybridized carbons (Fsp3) is 0.500. The first-order valence-corrected chi connectivity index (χ1v) is 7.04. The van der Waals surface area contributed by atoms with Crippen molar-refractivity contribution in [1.82, 2.24) is 0 Å². The monoisotopic (exact) mass is 313 g/mol. The third kappa shape index (κ3) is 4.42. The zero-order valence-corrected chi connectivity index (χ0v) is 12.2. The number of nitrogens with two attached hydrogens (primary N) is 1. The number of hydrogen-bond acceptors (Lipinski definition) is 2. The van der Waals surface area contributed by atoms with Crippen LogP contribution in [0.4, 0.5) is 0 Å². The molecule has 0 aromatic heterocycles. The quantitative estimate of drug-likeness (QED) is 0.758. The molecule has 0 aliphatic rings. The number of halogens is 1. The molecule has 0 bridgehead atoms. The summed E-state index contributed by atoms with van der Waals surface area (Å²) < 4.78 is 1.01. The van der Waals surface area contributed by atoms with E-state index in [-0.39, 0.29) is 11.8 Å². The van der Waals surface area contributed by atoms with Gasteiger partial charge in [-0.1, -0.05) is 41.4 Å². The smallest absolute Gasteiger partial charge is 0.307 e. The van der Waals surface area contributed by atoms with E-state index in [2.05, 4.69) is 15.9 Å². The molecule has 3 nitrogen and oxygen atoms in total. The highest BCUT2D eigenvalue weighted by molar-refractivity contribution is 9.10. The first-order chi connectivity index (χ1) is 8.56. The van der Waals surface area contributed by atoms with Crippen LogP contribution >= 0.6 is 15.9 Å². The van der Waals surface area contributed by atoms with E-state index >= 15 is 0 Å². The van der Waals surface area contributed by atoms with Gasteiger partial charge in [0.25, 0.3) is 0 Å². The Balaban J connectivity index is 2.72. The van der Waals surface area contributed by atoms with Crippen LogP contribution in [0, 0.1) is 5.92 Å². The molecule has 0 aliphatic heterocycles. The van der Waals surface area contributed by atoms with Crippen LogP contribution in [0.15, 0.2) is 28.7 Å². The number of carbonyl (C=O) groups is 1. The lowest BCUT2D eigenvalue weighted by molar-refractivity contribution is -0.142. The Morgan fingerprint density at radius 1 is 1.33 bits per heavy atom. The Morgan fingerprint density at radius 2 is 1.94 bits per heavy atom. The SMILES string of the molecule is CC(c1ccc(Br)cc1)C(CCCCN)C(=O)O. The summed E-state index contributed by atoms with van der Waals surface area (Å²) in [4.78, 5) is 11.3. The van der Waals surface area contributed by atoms with Crippen molar-refractivity contribution in [3.05, 3.63) is 34.3 Å². The highest BCUT2D eigenvalue weighted by atomic mass is 79.9. The van der Waals surface area contributed by atoms with Crippen molar-refractivity contribution in [3.63, 3.8) is 0 Å². The standard InChI is InChI=1S/C14H20BrNO2/c1-10(11-5-7-12(15)8-6-11)13(14(17)18)4-2-3-9-16/h5-8,10,13H,2-4,9,16H2,1H3,(H,17,18). The lowest BCUT2D eigenvalue weighted by Crippen LogP contribution is -2.20. The van der Waals surface area contributed by atoms with Crippen molar-refractivity contribution in [2.45, 2.75) is 32.1 Å². The second kappa shape index (κ2) is 7.54. The molecule has 3 N–H and O–H groups in total. The first kappa shape index (κ1) is 15.2. The molecule has 2 unspecified atom stereocenters. The van der Waals surface area contributed by atoms with Crippen LogP contribution in [0.2, 0.25) is 0 Å². The zero-order chi connectivity index (χ0) is 13.5. The summed E-state index contributed by atoms with van der Waals surface area (Å²) in [6, 6.07) is 7.86. The highest BCUT2D eigenvalue weighted by Gasteiger charge is 2.25. The normalized spacial score (nSPS) is 14.2. The maximum absolute atomic E-state index is 11.3. The van der Waals surface area contributed by atoms with E-state index < -0.39 is 5.97 Å². The Labute approximate surface area is 117 Å². The number of rotatable bonds is 7. The van der Waals surface area contributed by atoms with E-state index in [1.807, 2.05) is 31.2 Å². The molecular formula is C14H20BrNO2. The molecule has 1 rings (SSSR count). The second-order valence-corrected chi connectivity index (χ2v) is 5.49. The van der Waals surface area contributed by atoms with Gasteiger partial charge in [0.1, 0.15) is 0 Å². The lowest BCUT2D eigenvalue weighted by Gasteiger charge is -2.20. The number of carboxylic acids is 1. The number of unbranched alkanes of at least 4 members (excludes halogenated alkanes) is 1. The zero-order valence-electron chi connectivity index (χ0n) is 10.6. The number of aliphatic carboxylic acids is 1. The Kier molecular flexibility index (Phi) is 6.36. The van der Waals surface area contributed by atoms with Crippen LogP contribution in [-0.4, -0.2) is 17.6 Å². The molecule has 0 spiro atoms. The molecule has 0 heterocycles. The summed E-state index contributed by atoms with van der Waals surface area (Å²) >= 11 is 3.38. The maximum Gasteiger partial charge on any atom is 0.307 e. The average Bonchev–Trinajstić information content (AvgIpc) is 2.34. The summed E-state index contributed by atoms with van der Waals surface area (Å²) in [6.45, 7) is 2.60. The van der Waals surface area contributed by atoms with Crippen molar-refractivity contribution in [1.29, 1.82) is 0 Å². The average molecular weight is 314 g/mol. The molecule has 0 amide bonds. The van der Waals surface area contributed by atoms with Gasteiger partial charge in [-0.2, -0.15) is 0 Å². The number of benzene rings is 1. The van der Waals surface area contributed by atoms with E-state index in [9.17, 15) is 9.90 Å². The Hall–Kier alpha value is -0.870. The van der Waals surface area contributed by atoms with Gasteiger partial charge in [0, 0.05) is 4.47 Å². The van der Waals surface area contributed by atoms with Crippen molar-refractivity contribution >= 4 is 21.9 Å². The molecule has 0 radical (unpaired) electrons. The largest absolute Gasteiger partial charge is 0.481 e. The minimum Gasteiger partial charge on any atom is -0.481 e. The van der Waals surface area contributed by atoms with Crippen LogP contribution in [0.1, 0.15) is 37.7 Å². The van der Waals surface area contributed by atoms with Gasteiger partial charge in [0.2, 0.25) is 0 Å². The Morgan fingerprint density at radius 3 is 2.44 bits per heavy atom. The molecule has 1 aromatic carbocycles. The summed E-state index contributed by atoms with van der Waals surface area (Å²) in [5.41, 5.74) is 6.51. The van der Waals surface area contributed by atoms with E-state index in [1.54, 1.807) is 0 Å². The molecule has 0 aliphatic carbocycles. The fourth-order valence-electron chi connectivity index (χ4n) is 2.09. The van der Waals surface area contributed by atoms with E-state index in [1.165, 1.54) is 0 Å². The minimum atomic E-state index is -0.720. The van der Waals surface area contributed by atoms with Crippen LogP contribution in [0.5, 0.6) is 0 Å². The second-order valence-electron chi connectivity index (χ2n) is 4.57. The van der Waals surface area contributed by atoms with Crippen molar-refractivity contribution in [2.24, 2.45) is 11.7 Å². The number of carboxylic acid groups (broad SMARTS) is 1. The summed E-state index contributed by atoms with van der Waals surface area (Å²) in [6.07, 6.45) is 2.44. The predicted octanol–water partition coefficient (Wildman–Crippen LogP) is 3.38. The third-order valence-corrected chi connectivity index (χ3v) is 3.81. The first-order valence-electron chi connectivity index (χ1n) is 6.24. The molecule has 0 saturated heterocycles. The summed E-state index contributed by atoms with van der Waals surface area (Å²) in [7, 11) is 0. The van der Waals surface area contributed by atoms with Gasteiger partial charge in [-0.3, -0.25) is 4.79 Å². The topological polar surface area (TPSA) is 63.3 Å². The van der Waals surface area contributed by atoms with Crippen molar-refractivity contribution in [2.75, 3.05) is 6.54 Å². The predicted molar refractivity (Wildman–Crippen MR) is 76.6 cm³/mol. The Bertz CT molecular complexity index is 378. The van der Waals surface area contributed by atoms with Crippen LogP contribution < -0.4 is 5.73 Å². The van der Waals surface area contributed by atoms with E-state index in [4.69, 9.17) is 5.73 Å². The molecule has 0 fully saturated rings. The van der Waals surface area contributed by atoms with Gasteiger partial charge in [0.15, 0.2) is 0 Å². The molecule has 4 heteroatoms. The molecule has 0 saturated carbocycles. The van der Waals surface area contributed by atoms with Crippen LogP contribution in [-0.2, 0) is 4.79 Å². The third-order valence-electron chi connectivity index (χ3n) is 3.29. The van der Waals surface area contributed by atoms with Gasteiger partial charge >= 0.3 is 5.97 Å². The maximum atomic E-state index is 11.3. The van der Waals surface area contributed by atoms with Crippen molar-refractivity contribution < 1.29 is 9.90 Å². The summed E-state index contributed by atoms with van der Waals surface area (Å²) in [5.74, 6) is -1.03. The highest BCUT2D eigenvalue weighted by Crippen LogP contribution is 2.29. The van der Waals surface area contributed by atoms with Gasteiger partial charge < -0.3 is 10.8 Å². The van der Waals surface area contributed by atoms with Crippen LogP contribution in [0.3, 0.4) is 0 Å². The van der Waals surface area contributed by atoms with Gasteiger partial charge in [0.05, 0.1) is 5.92 Å². The lowest BCUT2D eigenvalue weighted by atomic mass is 9.84. The van der Waals surface area contributed by atoms with Crippen LogP contribution in [0.25, 0.3) is 0 Å². The minimum absolute atomic E-state index is 0.0216. The molecule has 18 heavy (non-hydrogen) atoms. The van der Waals surface area contributed by atoms with Gasteiger partial charge in [-0.25, -0.2) is 0 Å². The van der Waals surface area contributed by atoms with E-state index in [0.29, 0.717) is 13.0 Å². The molecular weight excluding hydrogens is 294 g/mol. The van der Waals surface area contributed by atoms with Gasteiger partial charge in [-0.15, -0.1) is 0 Å². The summed E-state index contributed by atoms with van der Waals surface area (Å²) in [5, 5.41) is 9.32.